The van der Waals surface area contributed by atoms with E-state index in [4.69, 9.17) is 4.42 Å². The summed E-state index contributed by atoms with van der Waals surface area (Å²) in [5.41, 5.74) is 0.769. The molecule has 3 aromatic heterocycles. The zero-order chi connectivity index (χ0) is 18.5. The Hall–Kier alpha value is -2.23. The van der Waals surface area contributed by atoms with E-state index >= 15 is 0 Å². The van der Waals surface area contributed by atoms with E-state index in [0.717, 1.165) is 38.3 Å². The van der Waals surface area contributed by atoms with Crippen LogP contribution in [0.1, 0.15) is 4.88 Å². The fourth-order valence-electron chi connectivity index (χ4n) is 2.87. The van der Waals surface area contributed by atoms with Gasteiger partial charge in [0.25, 0.3) is 5.22 Å². The molecule has 3 aromatic rings. The number of piperazine rings is 1. The second kappa shape index (κ2) is 8.64. The Morgan fingerprint density at radius 3 is 2.81 bits per heavy atom. The van der Waals surface area contributed by atoms with E-state index in [1.54, 1.807) is 23.7 Å². The molecule has 7 nitrogen and oxygen atoms in total. The Morgan fingerprint density at radius 2 is 2.07 bits per heavy atom. The molecule has 0 unspecified atom stereocenters. The summed E-state index contributed by atoms with van der Waals surface area (Å²) < 4.78 is 5.61. The lowest BCUT2D eigenvalue weighted by atomic mass is 10.3. The molecule has 4 heterocycles. The number of aromatic nitrogens is 3. The zero-order valence-corrected chi connectivity index (χ0v) is 16.3. The van der Waals surface area contributed by atoms with E-state index in [0.29, 0.717) is 16.9 Å². The highest BCUT2D eigenvalue weighted by atomic mass is 32.2. The first kappa shape index (κ1) is 18.1. The van der Waals surface area contributed by atoms with Crippen molar-refractivity contribution in [3.63, 3.8) is 0 Å². The van der Waals surface area contributed by atoms with Crippen molar-refractivity contribution in [1.29, 1.82) is 0 Å². The Labute approximate surface area is 165 Å². The molecule has 0 N–H and O–H groups in total. The van der Waals surface area contributed by atoms with Gasteiger partial charge >= 0.3 is 0 Å². The van der Waals surface area contributed by atoms with E-state index in [9.17, 15) is 4.79 Å². The van der Waals surface area contributed by atoms with Crippen LogP contribution in [0.5, 0.6) is 0 Å². The van der Waals surface area contributed by atoms with Crippen molar-refractivity contribution in [3.8, 4) is 11.5 Å². The van der Waals surface area contributed by atoms with Gasteiger partial charge in [0, 0.05) is 50.0 Å². The minimum absolute atomic E-state index is 0.108. The molecule has 27 heavy (non-hydrogen) atoms. The number of hydrogen-bond acceptors (Lipinski definition) is 8. The summed E-state index contributed by atoms with van der Waals surface area (Å²) in [5.74, 6) is 0.830. The maximum absolute atomic E-state index is 12.5. The third-order valence-electron chi connectivity index (χ3n) is 4.32. The molecule has 4 rings (SSSR count). The van der Waals surface area contributed by atoms with Crippen molar-refractivity contribution in [3.05, 3.63) is 46.9 Å². The molecule has 9 heteroatoms. The molecule has 1 saturated heterocycles. The van der Waals surface area contributed by atoms with E-state index in [1.807, 2.05) is 17.0 Å². The first-order chi connectivity index (χ1) is 13.3. The average Bonchev–Trinajstić information content (AvgIpc) is 3.39. The lowest BCUT2D eigenvalue weighted by molar-refractivity contribution is -0.130. The van der Waals surface area contributed by atoms with Gasteiger partial charge in [-0.3, -0.25) is 14.7 Å². The summed E-state index contributed by atoms with van der Waals surface area (Å²) in [7, 11) is 0. The summed E-state index contributed by atoms with van der Waals surface area (Å²) in [6, 6.07) is 7.90. The number of thioether (sulfide) groups is 1. The SMILES string of the molecule is O=C(CSc1nnc(-c2cccnc2)o1)N1CCN(Cc2cccs2)CC1. The molecule has 140 valence electrons. The number of carbonyl (C=O) groups excluding carboxylic acids is 1. The Bertz CT molecular complexity index is 861. The zero-order valence-electron chi connectivity index (χ0n) is 14.7. The maximum Gasteiger partial charge on any atom is 0.277 e. The van der Waals surface area contributed by atoms with Crippen molar-refractivity contribution in [2.45, 2.75) is 11.8 Å². The quantitative estimate of drug-likeness (QED) is 0.588. The van der Waals surface area contributed by atoms with Crippen LogP contribution in [0, 0.1) is 0 Å². The van der Waals surface area contributed by atoms with E-state index in [1.165, 1.54) is 16.6 Å². The number of rotatable bonds is 6. The van der Waals surface area contributed by atoms with E-state index in [2.05, 4.69) is 37.6 Å². The molecule has 0 radical (unpaired) electrons. The van der Waals surface area contributed by atoms with Gasteiger partial charge in [0.05, 0.1) is 11.3 Å². The highest BCUT2D eigenvalue weighted by Crippen LogP contribution is 2.23. The largest absolute Gasteiger partial charge is 0.411 e. The molecule has 1 aliphatic rings. The number of hydrogen-bond donors (Lipinski definition) is 0. The van der Waals surface area contributed by atoms with Gasteiger partial charge in [-0.25, -0.2) is 0 Å². The van der Waals surface area contributed by atoms with Crippen molar-refractivity contribution < 1.29 is 9.21 Å². The smallest absolute Gasteiger partial charge is 0.277 e. The third-order valence-corrected chi connectivity index (χ3v) is 5.98. The van der Waals surface area contributed by atoms with E-state index < -0.39 is 0 Å². The van der Waals surface area contributed by atoms with Crippen LogP contribution in [0.2, 0.25) is 0 Å². The monoisotopic (exact) mass is 401 g/mol. The fraction of sp³-hybridized carbons (Fsp3) is 0.333. The van der Waals surface area contributed by atoms with Crippen LogP contribution >= 0.6 is 23.1 Å². The lowest BCUT2D eigenvalue weighted by Crippen LogP contribution is -2.48. The standard InChI is InChI=1S/C18H19N5O2S2/c24-16(23-8-6-22(7-9-23)12-15-4-2-10-26-15)13-27-18-21-20-17(25-18)14-3-1-5-19-11-14/h1-5,10-11H,6-9,12-13H2. The van der Waals surface area contributed by atoms with Crippen LogP contribution in [0.25, 0.3) is 11.5 Å². The first-order valence-corrected chi connectivity index (χ1v) is 10.5. The van der Waals surface area contributed by atoms with E-state index in [-0.39, 0.29) is 5.91 Å². The van der Waals surface area contributed by atoms with Crippen molar-refractivity contribution in [2.75, 3.05) is 31.9 Å². The molecule has 1 aliphatic heterocycles. The molecule has 1 fully saturated rings. The number of pyridine rings is 1. The summed E-state index contributed by atoms with van der Waals surface area (Å²) in [5, 5.41) is 10.5. The molecular formula is C18H19N5O2S2. The molecule has 0 spiro atoms. The van der Waals surface area contributed by atoms with Crippen LogP contribution in [-0.4, -0.2) is 62.8 Å². The Morgan fingerprint density at radius 1 is 1.19 bits per heavy atom. The number of amides is 1. The molecule has 0 aliphatic carbocycles. The van der Waals surface area contributed by atoms with Gasteiger partial charge in [0.2, 0.25) is 11.8 Å². The lowest BCUT2D eigenvalue weighted by Gasteiger charge is -2.34. The minimum atomic E-state index is 0.108. The molecule has 1 amide bonds. The second-order valence-electron chi connectivity index (χ2n) is 6.14. The van der Waals surface area contributed by atoms with Crippen molar-refractivity contribution in [1.82, 2.24) is 25.0 Å². The molecule has 0 atom stereocenters. The van der Waals surface area contributed by atoms with Gasteiger partial charge in [0.1, 0.15) is 0 Å². The Kier molecular flexibility index (Phi) is 5.81. The van der Waals surface area contributed by atoms with Crippen LogP contribution in [-0.2, 0) is 11.3 Å². The number of nitrogens with zero attached hydrogens (tertiary/aromatic N) is 5. The van der Waals surface area contributed by atoms with Gasteiger partial charge in [0.15, 0.2) is 0 Å². The van der Waals surface area contributed by atoms with Gasteiger partial charge in [-0.15, -0.1) is 21.5 Å². The summed E-state index contributed by atoms with van der Waals surface area (Å²) in [6.45, 7) is 4.29. The molecule has 0 bridgehead atoms. The van der Waals surface area contributed by atoms with Gasteiger partial charge in [-0.2, -0.15) is 0 Å². The topological polar surface area (TPSA) is 75.4 Å². The summed E-state index contributed by atoms with van der Waals surface area (Å²) >= 11 is 3.06. The number of thiophene rings is 1. The maximum atomic E-state index is 12.5. The van der Waals surface area contributed by atoms with Gasteiger partial charge in [-0.05, 0) is 23.6 Å². The normalized spacial score (nSPS) is 15.2. The highest BCUT2D eigenvalue weighted by molar-refractivity contribution is 7.99. The summed E-state index contributed by atoms with van der Waals surface area (Å²) in [4.78, 5) is 22.2. The molecule has 0 aromatic carbocycles. The average molecular weight is 402 g/mol. The molecule has 0 saturated carbocycles. The van der Waals surface area contributed by atoms with Gasteiger partial charge < -0.3 is 9.32 Å². The van der Waals surface area contributed by atoms with Gasteiger partial charge in [-0.1, -0.05) is 17.8 Å². The highest BCUT2D eigenvalue weighted by Gasteiger charge is 2.22. The third kappa shape index (κ3) is 4.74. The predicted octanol–water partition coefficient (Wildman–Crippen LogP) is 2.63. The van der Waals surface area contributed by atoms with Crippen molar-refractivity contribution in [2.24, 2.45) is 0 Å². The first-order valence-electron chi connectivity index (χ1n) is 8.67. The molecular weight excluding hydrogens is 382 g/mol. The fourth-order valence-corrected chi connectivity index (χ4v) is 4.28. The number of carbonyl (C=O) groups is 1. The van der Waals surface area contributed by atoms with Crippen LogP contribution < -0.4 is 0 Å². The van der Waals surface area contributed by atoms with Crippen molar-refractivity contribution >= 4 is 29.0 Å². The summed E-state index contributed by atoms with van der Waals surface area (Å²) in [6.07, 6.45) is 3.36. The minimum Gasteiger partial charge on any atom is -0.411 e. The van der Waals surface area contributed by atoms with Crippen LogP contribution in [0.4, 0.5) is 0 Å². The van der Waals surface area contributed by atoms with Crippen LogP contribution in [0.15, 0.2) is 51.7 Å². The Balaban J connectivity index is 1.24. The predicted molar refractivity (Wildman–Crippen MR) is 104 cm³/mol. The second-order valence-corrected chi connectivity index (χ2v) is 8.10. The van der Waals surface area contributed by atoms with Crippen LogP contribution in [0.3, 0.4) is 0 Å².